The number of rotatable bonds is 5. The molecular weight excluding hydrogens is 455 g/mol. The molecule has 0 radical (unpaired) electrons. The molecule has 1 aliphatic carbocycles. The van der Waals surface area contributed by atoms with Crippen molar-refractivity contribution < 1.29 is 32.7 Å². The van der Waals surface area contributed by atoms with E-state index in [0.717, 1.165) is 43.1 Å². The summed E-state index contributed by atoms with van der Waals surface area (Å²) in [7, 11) is 0. The first-order valence-corrected chi connectivity index (χ1v) is 11.2. The number of hydroxylamine groups is 2. The Bertz CT molecular complexity index is 1010. The lowest BCUT2D eigenvalue weighted by Crippen LogP contribution is -2.28. The molecule has 0 spiro atoms. The molecule has 9 nitrogen and oxygen atoms in total. The van der Waals surface area contributed by atoms with Crippen molar-refractivity contribution in [3.63, 3.8) is 0 Å². The number of nitrogens with zero attached hydrogens (tertiary/aromatic N) is 5. The van der Waals surface area contributed by atoms with Gasteiger partial charge in [0.15, 0.2) is 0 Å². The molecule has 0 unspecified atom stereocenters. The van der Waals surface area contributed by atoms with Crippen molar-refractivity contribution in [3.8, 4) is 11.1 Å². The van der Waals surface area contributed by atoms with Crippen molar-refractivity contribution in [1.82, 2.24) is 19.6 Å². The number of hydrogen-bond acceptors (Lipinski definition) is 6. The Labute approximate surface area is 194 Å². The largest absolute Gasteiger partial charge is 0.490 e. The van der Waals surface area contributed by atoms with Crippen LogP contribution in [0.3, 0.4) is 0 Å². The third-order valence-electron chi connectivity index (χ3n) is 5.85. The van der Waals surface area contributed by atoms with Gasteiger partial charge in [-0.3, -0.25) is 9.63 Å². The number of anilines is 1. The van der Waals surface area contributed by atoms with Crippen LogP contribution in [0.1, 0.15) is 42.6 Å². The second kappa shape index (κ2) is 10.00. The Hall–Kier alpha value is -3.15. The van der Waals surface area contributed by atoms with Gasteiger partial charge in [-0.1, -0.05) is 0 Å². The van der Waals surface area contributed by atoms with Crippen LogP contribution in [-0.2, 0) is 16.2 Å². The highest BCUT2D eigenvalue weighted by Gasteiger charge is 2.38. The van der Waals surface area contributed by atoms with Crippen LogP contribution in [-0.4, -0.2) is 69.0 Å². The Kier molecular flexibility index (Phi) is 7.05. The maximum absolute atomic E-state index is 12.9. The molecule has 12 heteroatoms. The van der Waals surface area contributed by atoms with Crippen LogP contribution in [0.5, 0.6) is 0 Å². The van der Waals surface area contributed by atoms with Gasteiger partial charge >= 0.3 is 12.1 Å². The number of alkyl halides is 3. The van der Waals surface area contributed by atoms with E-state index in [1.165, 1.54) is 30.7 Å². The smallest absolute Gasteiger partial charge is 0.475 e. The van der Waals surface area contributed by atoms with E-state index in [1.807, 2.05) is 18.5 Å². The number of amides is 1. The molecule has 1 amide bonds. The summed E-state index contributed by atoms with van der Waals surface area (Å²) in [5, 5.41) is 8.62. The van der Waals surface area contributed by atoms with Crippen LogP contribution in [0, 0.1) is 5.92 Å². The Balaban J connectivity index is 0.000000344. The third kappa shape index (κ3) is 5.85. The maximum atomic E-state index is 12.9. The van der Waals surface area contributed by atoms with Gasteiger partial charge in [0.05, 0.1) is 13.2 Å². The zero-order chi connectivity index (χ0) is 24.3. The average Bonchev–Trinajstić information content (AvgIpc) is 3.25. The summed E-state index contributed by atoms with van der Waals surface area (Å²) in [6.45, 7) is 4.24. The molecule has 3 fully saturated rings. The van der Waals surface area contributed by atoms with Crippen LogP contribution in [0.2, 0.25) is 0 Å². The molecule has 1 N–H and O–H groups in total. The fourth-order valence-electron chi connectivity index (χ4n) is 3.86. The number of carboxylic acid groups (broad SMARTS) is 1. The summed E-state index contributed by atoms with van der Waals surface area (Å²) >= 11 is 0. The fourth-order valence-corrected chi connectivity index (χ4v) is 3.86. The number of carbonyl (C=O) groups is 2. The van der Waals surface area contributed by atoms with Crippen molar-refractivity contribution in [2.24, 2.45) is 5.92 Å². The number of carboxylic acids is 1. The Morgan fingerprint density at radius 3 is 2.24 bits per heavy atom. The Morgan fingerprint density at radius 2 is 1.71 bits per heavy atom. The maximum Gasteiger partial charge on any atom is 0.490 e. The summed E-state index contributed by atoms with van der Waals surface area (Å²) in [6.07, 6.45) is 6.53. The summed E-state index contributed by atoms with van der Waals surface area (Å²) in [4.78, 5) is 38.6. The predicted octanol–water partition coefficient (Wildman–Crippen LogP) is 3.37. The first-order valence-electron chi connectivity index (χ1n) is 11.2. The molecular formula is C22H26F3N5O4. The van der Waals surface area contributed by atoms with Gasteiger partial charge in [0.1, 0.15) is 5.69 Å². The molecule has 2 aromatic rings. The molecule has 2 aliphatic heterocycles. The van der Waals surface area contributed by atoms with Crippen LogP contribution in [0.15, 0.2) is 24.7 Å². The van der Waals surface area contributed by atoms with Gasteiger partial charge in [-0.2, -0.15) is 13.2 Å². The summed E-state index contributed by atoms with van der Waals surface area (Å²) in [5.41, 5.74) is 2.64. The lowest BCUT2D eigenvalue weighted by Gasteiger charge is -2.15. The monoisotopic (exact) mass is 481 g/mol. The quantitative estimate of drug-likeness (QED) is 0.699. The van der Waals surface area contributed by atoms with Crippen LogP contribution >= 0.6 is 0 Å². The van der Waals surface area contributed by atoms with Crippen molar-refractivity contribution in [2.75, 3.05) is 31.1 Å². The normalized spacial score (nSPS) is 18.1. The summed E-state index contributed by atoms with van der Waals surface area (Å²) in [6, 6.07) is 1.96. The first kappa shape index (κ1) is 24.0. The van der Waals surface area contributed by atoms with Gasteiger partial charge in [-0.15, -0.1) is 0 Å². The number of halogens is 3. The highest BCUT2D eigenvalue weighted by Crippen LogP contribution is 2.33. The number of aliphatic carboxylic acids is 1. The lowest BCUT2D eigenvalue weighted by atomic mass is 10.2. The minimum absolute atomic E-state index is 0.0472. The van der Waals surface area contributed by atoms with Gasteiger partial charge < -0.3 is 14.6 Å². The van der Waals surface area contributed by atoms with Gasteiger partial charge in [-0.05, 0) is 44.1 Å². The molecule has 5 rings (SSSR count). The van der Waals surface area contributed by atoms with E-state index in [0.29, 0.717) is 24.8 Å². The highest BCUT2D eigenvalue weighted by atomic mass is 19.4. The Morgan fingerprint density at radius 1 is 1.06 bits per heavy atom. The molecule has 0 atom stereocenters. The van der Waals surface area contributed by atoms with Gasteiger partial charge in [0.2, 0.25) is 5.95 Å². The van der Waals surface area contributed by atoms with E-state index in [1.54, 1.807) is 0 Å². The molecule has 184 valence electrons. The highest BCUT2D eigenvalue weighted by molar-refractivity contribution is 5.93. The molecule has 34 heavy (non-hydrogen) atoms. The second-order valence-corrected chi connectivity index (χ2v) is 8.57. The molecule has 4 heterocycles. The zero-order valence-corrected chi connectivity index (χ0v) is 18.5. The van der Waals surface area contributed by atoms with E-state index in [2.05, 4.69) is 25.6 Å². The average molecular weight is 481 g/mol. The molecule has 0 aromatic carbocycles. The molecule has 0 bridgehead atoms. The van der Waals surface area contributed by atoms with Crippen molar-refractivity contribution in [2.45, 2.75) is 44.8 Å². The molecule has 2 saturated heterocycles. The van der Waals surface area contributed by atoms with E-state index >= 15 is 0 Å². The van der Waals surface area contributed by atoms with Gasteiger partial charge in [-0.25, -0.2) is 19.8 Å². The van der Waals surface area contributed by atoms with E-state index in [-0.39, 0.29) is 5.91 Å². The lowest BCUT2D eigenvalue weighted by molar-refractivity contribution is -0.192. The second-order valence-electron chi connectivity index (χ2n) is 8.57. The van der Waals surface area contributed by atoms with Crippen LogP contribution < -0.4 is 4.90 Å². The predicted molar refractivity (Wildman–Crippen MR) is 115 cm³/mol. The number of aromatic nitrogens is 3. The first-order chi connectivity index (χ1) is 16.2. The third-order valence-corrected chi connectivity index (χ3v) is 5.85. The topological polar surface area (TPSA) is 101 Å². The van der Waals surface area contributed by atoms with E-state index in [9.17, 15) is 18.0 Å². The SMILES string of the molecule is O=C(O)C(F)(F)F.O=C(c1cc(-c2cnc(N3CCCC3)nc2)cn1CC1CC1)N1CCCO1. The summed E-state index contributed by atoms with van der Waals surface area (Å²) in [5.74, 6) is -1.32. The minimum Gasteiger partial charge on any atom is -0.475 e. The van der Waals surface area contributed by atoms with E-state index in [4.69, 9.17) is 14.7 Å². The zero-order valence-electron chi connectivity index (χ0n) is 18.5. The van der Waals surface area contributed by atoms with Crippen LogP contribution in [0.25, 0.3) is 11.1 Å². The van der Waals surface area contributed by atoms with Gasteiger partial charge in [0, 0.05) is 49.4 Å². The number of carbonyl (C=O) groups excluding carboxylic acids is 1. The minimum atomic E-state index is -5.08. The standard InChI is InChI=1S/C20H25N5O2.C2HF3O2/c26-19(25-8-3-9-27-25)18-10-16(14-24(18)13-15-4-5-15)17-11-21-20(22-12-17)23-6-1-2-7-23;3-2(4,5)1(6)7/h10-12,14-15H,1-9,13H2;(H,6,7). The molecule has 2 aromatic heterocycles. The molecule has 3 aliphatic rings. The van der Waals surface area contributed by atoms with Crippen molar-refractivity contribution >= 4 is 17.8 Å². The number of hydrogen-bond donors (Lipinski definition) is 1. The summed E-state index contributed by atoms with van der Waals surface area (Å²) < 4.78 is 33.8. The van der Waals surface area contributed by atoms with Crippen LogP contribution in [0.4, 0.5) is 19.1 Å². The fraction of sp³-hybridized carbons (Fsp3) is 0.545. The van der Waals surface area contributed by atoms with Crippen molar-refractivity contribution in [3.05, 3.63) is 30.4 Å². The van der Waals surface area contributed by atoms with Gasteiger partial charge in [0.25, 0.3) is 5.91 Å². The molecule has 1 saturated carbocycles. The van der Waals surface area contributed by atoms with Crippen molar-refractivity contribution in [1.29, 1.82) is 0 Å². The van der Waals surface area contributed by atoms with E-state index < -0.39 is 12.1 Å².